The minimum atomic E-state index is -0.226. The Morgan fingerprint density at radius 1 is 1.14 bits per heavy atom. The molecule has 0 aromatic heterocycles. The molecule has 2 aromatic rings. The highest BCUT2D eigenvalue weighted by Crippen LogP contribution is 2.53. The van der Waals surface area contributed by atoms with Gasteiger partial charge in [0.15, 0.2) is 0 Å². The van der Waals surface area contributed by atoms with Crippen molar-refractivity contribution in [3.63, 3.8) is 0 Å². The maximum atomic E-state index is 13.2. The van der Waals surface area contributed by atoms with Crippen LogP contribution in [0.1, 0.15) is 51.7 Å². The quantitative estimate of drug-likeness (QED) is 0.637. The first kappa shape index (κ1) is 19.6. The van der Waals surface area contributed by atoms with Crippen LogP contribution in [0.15, 0.2) is 47.6 Å². The second kappa shape index (κ2) is 6.97. The molecule has 0 saturated heterocycles. The van der Waals surface area contributed by atoms with Gasteiger partial charge in [-0.05, 0) is 52.4 Å². The van der Waals surface area contributed by atoms with Crippen molar-refractivity contribution in [1.29, 1.82) is 0 Å². The molecule has 4 rings (SSSR count). The van der Waals surface area contributed by atoms with Gasteiger partial charge in [0, 0.05) is 23.3 Å². The second-order valence-electron chi connectivity index (χ2n) is 9.37. The minimum absolute atomic E-state index is 0.0985. The van der Waals surface area contributed by atoms with E-state index in [1.807, 2.05) is 29.2 Å². The molecule has 2 aromatic carbocycles. The molecule has 0 fully saturated rings. The highest BCUT2D eigenvalue weighted by atomic mass is 16.3. The number of hydrogen-bond donors (Lipinski definition) is 0. The molecule has 2 aliphatic heterocycles. The molecule has 2 aliphatic rings. The lowest BCUT2D eigenvalue weighted by Gasteiger charge is -2.55. The lowest BCUT2D eigenvalue weighted by atomic mass is 9.69. The maximum Gasteiger partial charge on any atom is 0.233 e. The Balaban J connectivity index is 1.91. The summed E-state index contributed by atoms with van der Waals surface area (Å²) < 4.78 is 0. The van der Waals surface area contributed by atoms with E-state index in [9.17, 15) is 9.70 Å². The Morgan fingerprint density at radius 2 is 1.86 bits per heavy atom. The van der Waals surface area contributed by atoms with Gasteiger partial charge < -0.3 is 4.90 Å². The van der Waals surface area contributed by atoms with E-state index in [1.165, 1.54) is 0 Å². The molecular formula is C24H29N3O2. The maximum absolute atomic E-state index is 13.2. The molecule has 2 unspecified atom stereocenters. The molecule has 5 nitrogen and oxygen atoms in total. The Morgan fingerprint density at radius 3 is 2.55 bits per heavy atom. The van der Waals surface area contributed by atoms with Gasteiger partial charge in [-0.15, -0.1) is 4.91 Å². The van der Waals surface area contributed by atoms with Gasteiger partial charge >= 0.3 is 0 Å². The first-order chi connectivity index (χ1) is 13.8. The molecule has 29 heavy (non-hydrogen) atoms. The van der Waals surface area contributed by atoms with E-state index in [2.05, 4.69) is 56.8 Å². The first-order valence-electron chi connectivity index (χ1n) is 10.4. The lowest BCUT2D eigenvalue weighted by Crippen LogP contribution is -2.62. The van der Waals surface area contributed by atoms with Gasteiger partial charge in [0.1, 0.15) is 11.9 Å². The van der Waals surface area contributed by atoms with Crippen LogP contribution in [0.3, 0.4) is 0 Å². The summed E-state index contributed by atoms with van der Waals surface area (Å²) in [7, 11) is 0. The molecule has 0 N–H and O–H groups in total. The van der Waals surface area contributed by atoms with Crippen LogP contribution < -0.4 is 9.80 Å². The van der Waals surface area contributed by atoms with Crippen molar-refractivity contribution in [2.24, 2.45) is 16.5 Å². The Hall–Kier alpha value is -2.69. The average Bonchev–Trinajstić information content (AvgIpc) is 3.01. The molecule has 0 aliphatic carbocycles. The summed E-state index contributed by atoms with van der Waals surface area (Å²) in [5.41, 5.74) is 4.57. The molecule has 2 atom stereocenters. The van der Waals surface area contributed by atoms with Gasteiger partial charge in [-0.1, -0.05) is 52.8 Å². The van der Waals surface area contributed by atoms with E-state index in [1.54, 1.807) is 6.07 Å². The molecule has 5 heteroatoms. The summed E-state index contributed by atoms with van der Waals surface area (Å²) in [4.78, 5) is 28.8. The third-order valence-electron chi connectivity index (χ3n) is 6.64. The van der Waals surface area contributed by atoms with Gasteiger partial charge in [-0.2, -0.15) is 0 Å². The second-order valence-corrected chi connectivity index (χ2v) is 9.37. The highest BCUT2D eigenvalue weighted by molar-refractivity contribution is 6.02. The summed E-state index contributed by atoms with van der Waals surface area (Å²) in [6.07, 6.45) is 0.353. The largest absolute Gasteiger partial charge is 0.350 e. The average molecular weight is 392 g/mol. The van der Waals surface area contributed by atoms with Gasteiger partial charge in [0.2, 0.25) is 5.91 Å². The fraction of sp³-hybridized carbons (Fsp3) is 0.458. The molecule has 0 saturated carbocycles. The van der Waals surface area contributed by atoms with Crippen molar-refractivity contribution in [2.45, 2.75) is 53.1 Å². The number of anilines is 2. The summed E-state index contributed by atoms with van der Waals surface area (Å²) in [5.74, 6) is 0.736. The van der Waals surface area contributed by atoms with E-state index >= 15 is 0 Å². The Kier molecular flexibility index (Phi) is 4.72. The summed E-state index contributed by atoms with van der Waals surface area (Å²) in [5, 5.41) is 3.15. The van der Waals surface area contributed by atoms with Crippen LogP contribution in [-0.2, 0) is 11.2 Å². The third-order valence-corrected chi connectivity index (χ3v) is 6.64. The van der Waals surface area contributed by atoms with Crippen molar-refractivity contribution >= 4 is 23.0 Å². The normalized spacial score (nSPS) is 22.6. The van der Waals surface area contributed by atoms with Gasteiger partial charge in [0.05, 0.1) is 6.42 Å². The van der Waals surface area contributed by atoms with Crippen molar-refractivity contribution in [3.8, 4) is 0 Å². The molecule has 152 valence electrons. The fourth-order valence-electron chi connectivity index (χ4n) is 4.97. The predicted octanol–water partition coefficient (Wildman–Crippen LogP) is 5.61. The zero-order chi connectivity index (χ0) is 20.9. The third kappa shape index (κ3) is 3.04. The Bertz CT molecular complexity index is 966. The van der Waals surface area contributed by atoms with E-state index in [4.69, 9.17) is 0 Å². The molecule has 0 radical (unpaired) electrons. The zero-order valence-electron chi connectivity index (χ0n) is 17.8. The van der Waals surface area contributed by atoms with E-state index in [0.29, 0.717) is 18.0 Å². The number of hydrogen-bond acceptors (Lipinski definition) is 4. The molecule has 0 spiro atoms. The number of para-hydroxylation sites is 1. The molecule has 0 bridgehead atoms. The van der Waals surface area contributed by atoms with Crippen LogP contribution in [0.2, 0.25) is 0 Å². The van der Waals surface area contributed by atoms with E-state index in [0.717, 1.165) is 29.0 Å². The van der Waals surface area contributed by atoms with Crippen molar-refractivity contribution in [2.75, 3.05) is 16.3 Å². The fourth-order valence-corrected chi connectivity index (χ4v) is 4.97. The van der Waals surface area contributed by atoms with Crippen LogP contribution in [0.4, 0.5) is 17.1 Å². The van der Waals surface area contributed by atoms with Crippen LogP contribution in [-0.4, -0.2) is 18.6 Å². The molecular weight excluding hydrogens is 362 g/mol. The summed E-state index contributed by atoms with van der Waals surface area (Å²) in [6.45, 7) is 11.9. The molecule has 2 heterocycles. The number of rotatable bonds is 4. The van der Waals surface area contributed by atoms with Gasteiger partial charge in [0.25, 0.3) is 0 Å². The Labute approximate surface area is 172 Å². The van der Waals surface area contributed by atoms with Crippen LogP contribution in [0, 0.1) is 16.2 Å². The van der Waals surface area contributed by atoms with Gasteiger partial charge in [-0.3, -0.25) is 9.69 Å². The van der Waals surface area contributed by atoms with Gasteiger partial charge in [-0.25, -0.2) is 0 Å². The number of carbonyl (C=O) groups is 1. The number of benzene rings is 2. The first-order valence-corrected chi connectivity index (χ1v) is 10.4. The summed E-state index contributed by atoms with van der Waals surface area (Å²) >= 11 is 0. The standard InChI is InChI=1S/C24H29N3O2/c1-15(2)14-26-21-11-10-18(25-29)13-19(21)16(3)24(4,5)23(26)27-20-9-7-6-8-17(20)12-22(27)28/h6-11,13,15-16,23H,12,14H2,1-5H3. The minimum Gasteiger partial charge on any atom is -0.350 e. The topological polar surface area (TPSA) is 53.0 Å². The molecule has 1 amide bonds. The number of nitroso groups, excluding NO2 is 1. The summed E-state index contributed by atoms with van der Waals surface area (Å²) in [6, 6.07) is 13.8. The zero-order valence-corrected chi connectivity index (χ0v) is 17.8. The van der Waals surface area contributed by atoms with Crippen molar-refractivity contribution in [3.05, 3.63) is 58.5 Å². The predicted molar refractivity (Wildman–Crippen MR) is 118 cm³/mol. The van der Waals surface area contributed by atoms with E-state index < -0.39 is 0 Å². The number of amides is 1. The van der Waals surface area contributed by atoms with Crippen LogP contribution >= 0.6 is 0 Å². The van der Waals surface area contributed by atoms with Crippen molar-refractivity contribution in [1.82, 2.24) is 0 Å². The van der Waals surface area contributed by atoms with Crippen LogP contribution in [0.5, 0.6) is 0 Å². The highest BCUT2D eigenvalue weighted by Gasteiger charge is 2.51. The number of fused-ring (bicyclic) bond motifs is 2. The lowest BCUT2D eigenvalue weighted by molar-refractivity contribution is -0.118. The monoisotopic (exact) mass is 391 g/mol. The van der Waals surface area contributed by atoms with Crippen LogP contribution in [0.25, 0.3) is 0 Å². The smallest absolute Gasteiger partial charge is 0.233 e. The van der Waals surface area contributed by atoms with E-state index in [-0.39, 0.29) is 23.4 Å². The number of nitrogens with zero attached hydrogens (tertiary/aromatic N) is 3. The van der Waals surface area contributed by atoms with Crippen molar-refractivity contribution < 1.29 is 4.79 Å². The number of carbonyl (C=O) groups excluding carboxylic acids is 1. The SMILES string of the molecule is CC(C)CN1c2ccc(N=O)cc2C(C)C(C)(C)C1N1C(=O)Cc2ccccc21.